The van der Waals surface area contributed by atoms with Gasteiger partial charge < -0.3 is 5.32 Å². The summed E-state index contributed by atoms with van der Waals surface area (Å²) in [6, 6.07) is 0. The molecule has 0 bridgehead atoms. The van der Waals surface area contributed by atoms with Crippen LogP contribution >= 0.6 is 11.8 Å². The Kier molecular flexibility index (Phi) is 2.42. The molecule has 0 aromatic rings. The standard InChI is InChI=1S/C9H17NS/c1-2-6-10-9(4-1)5-3-7-11-8-9/h10H,1-8H2. The average Bonchev–Trinajstić information content (AvgIpc) is 2.07. The molecule has 0 amide bonds. The fourth-order valence-corrected chi connectivity index (χ4v) is 3.49. The first-order chi connectivity index (χ1) is 5.41. The minimum Gasteiger partial charge on any atom is -0.310 e. The highest BCUT2D eigenvalue weighted by atomic mass is 32.2. The van der Waals surface area contributed by atoms with Gasteiger partial charge in [0.15, 0.2) is 0 Å². The zero-order chi connectivity index (χ0) is 7.57. The Balaban J connectivity index is 1.94. The van der Waals surface area contributed by atoms with Crippen LogP contribution in [0.1, 0.15) is 32.1 Å². The molecular formula is C9H17NS. The summed E-state index contributed by atoms with van der Waals surface area (Å²) in [6.45, 7) is 1.26. The topological polar surface area (TPSA) is 12.0 Å². The van der Waals surface area contributed by atoms with E-state index in [0.29, 0.717) is 5.54 Å². The van der Waals surface area contributed by atoms with Gasteiger partial charge in [0.2, 0.25) is 0 Å². The lowest BCUT2D eigenvalue weighted by molar-refractivity contribution is 0.260. The first kappa shape index (κ1) is 7.93. The summed E-state index contributed by atoms with van der Waals surface area (Å²) in [5.41, 5.74) is 0.571. The Morgan fingerprint density at radius 2 is 2.00 bits per heavy atom. The maximum absolute atomic E-state index is 3.71. The molecule has 2 aliphatic rings. The highest BCUT2D eigenvalue weighted by Gasteiger charge is 2.32. The summed E-state index contributed by atoms with van der Waals surface area (Å²) >= 11 is 2.14. The summed E-state index contributed by atoms with van der Waals surface area (Å²) in [5.74, 6) is 2.76. The smallest absolute Gasteiger partial charge is 0.0272 e. The van der Waals surface area contributed by atoms with Gasteiger partial charge in [-0.2, -0.15) is 11.8 Å². The van der Waals surface area contributed by atoms with Crippen LogP contribution in [0.5, 0.6) is 0 Å². The summed E-state index contributed by atoms with van der Waals surface area (Å²) in [6.07, 6.45) is 7.14. The Labute approximate surface area is 73.3 Å². The van der Waals surface area contributed by atoms with E-state index in [1.165, 1.54) is 50.2 Å². The number of rotatable bonds is 0. The van der Waals surface area contributed by atoms with Crippen molar-refractivity contribution in [3.05, 3.63) is 0 Å². The molecule has 0 aromatic heterocycles. The van der Waals surface area contributed by atoms with Gasteiger partial charge in [-0.25, -0.2) is 0 Å². The number of thioether (sulfide) groups is 1. The predicted molar refractivity (Wildman–Crippen MR) is 51.1 cm³/mol. The molecule has 2 saturated heterocycles. The Morgan fingerprint density at radius 1 is 1.09 bits per heavy atom. The van der Waals surface area contributed by atoms with Gasteiger partial charge in [0.05, 0.1) is 0 Å². The van der Waals surface area contributed by atoms with Crippen molar-refractivity contribution < 1.29 is 0 Å². The summed E-state index contributed by atoms with van der Waals surface area (Å²) in [7, 11) is 0. The number of piperidine rings is 1. The maximum Gasteiger partial charge on any atom is 0.0272 e. The van der Waals surface area contributed by atoms with Gasteiger partial charge in [0, 0.05) is 11.3 Å². The highest BCUT2D eigenvalue weighted by molar-refractivity contribution is 7.99. The quantitative estimate of drug-likeness (QED) is 0.598. The molecular weight excluding hydrogens is 154 g/mol. The van der Waals surface area contributed by atoms with E-state index in [4.69, 9.17) is 0 Å². The van der Waals surface area contributed by atoms with Crippen LogP contribution < -0.4 is 5.32 Å². The van der Waals surface area contributed by atoms with E-state index in [-0.39, 0.29) is 0 Å². The highest BCUT2D eigenvalue weighted by Crippen LogP contribution is 2.32. The summed E-state index contributed by atoms with van der Waals surface area (Å²) < 4.78 is 0. The molecule has 1 atom stereocenters. The molecule has 2 heteroatoms. The number of hydrogen-bond donors (Lipinski definition) is 1. The molecule has 1 unspecified atom stereocenters. The first-order valence-corrected chi connectivity index (χ1v) is 5.90. The van der Waals surface area contributed by atoms with E-state index < -0.39 is 0 Å². The van der Waals surface area contributed by atoms with Crippen molar-refractivity contribution >= 4 is 11.8 Å². The average molecular weight is 171 g/mol. The lowest BCUT2D eigenvalue weighted by Crippen LogP contribution is -2.52. The number of nitrogens with one attached hydrogen (secondary N) is 1. The van der Waals surface area contributed by atoms with Crippen LogP contribution in [-0.2, 0) is 0 Å². The summed E-state index contributed by atoms with van der Waals surface area (Å²) in [4.78, 5) is 0. The SMILES string of the molecule is C1CCC2(CCCSC2)NC1. The Morgan fingerprint density at radius 3 is 2.64 bits per heavy atom. The van der Waals surface area contributed by atoms with Crippen LogP contribution in [0.15, 0.2) is 0 Å². The molecule has 1 nitrogen and oxygen atoms in total. The van der Waals surface area contributed by atoms with Crippen LogP contribution in [0.2, 0.25) is 0 Å². The molecule has 0 radical (unpaired) electrons. The van der Waals surface area contributed by atoms with E-state index in [1.54, 1.807) is 0 Å². The predicted octanol–water partition coefficient (Wildman–Crippen LogP) is 2.03. The minimum atomic E-state index is 0.571. The van der Waals surface area contributed by atoms with E-state index in [2.05, 4.69) is 17.1 Å². The van der Waals surface area contributed by atoms with Gasteiger partial charge >= 0.3 is 0 Å². The van der Waals surface area contributed by atoms with Crippen LogP contribution in [-0.4, -0.2) is 23.6 Å². The Bertz CT molecular complexity index is 104. The van der Waals surface area contributed by atoms with E-state index >= 15 is 0 Å². The van der Waals surface area contributed by atoms with Crippen LogP contribution in [0, 0.1) is 0 Å². The van der Waals surface area contributed by atoms with Gasteiger partial charge in [-0.3, -0.25) is 0 Å². The third kappa shape index (κ3) is 1.73. The second-order valence-electron chi connectivity index (χ2n) is 3.82. The monoisotopic (exact) mass is 171 g/mol. The molecule has 2 aliphatic heterocycles. The fraction of sp³-hybridized carbons (Fsp3) is 1.00. The molecule has 2 heterocycles. The molecule has 2 rings (SSSR count). The van der Waals surface area contributed by atoms with Crippen LogP contribution in [0.3, 0.4) is 0 Å². The molecule has 64 valence electrons. The molecule has 0 aliphatic carbocycles. The van der Waals surface area contributed by atoms with Crippen LogP contribution in [0.25, 0.3) is 0 Å². The third-order valence-corrected chi connectivity index (χ3v) is 4.24. The maximum atomic E-state index is 3.71. The molecule has 2 fully saturated rings. The summed E-state index contributed by atoms with van der Waals surface area (Å²) in [5, 5.41) is 3.71. The van der Waals surface area contributed by atoms with Gasteiger partial charge in [0.1, 0.15) is 0 Å². The second kappa shape index (κ2) is 3.36. The second-order valence-corrected chi connectivity index (χ2v) is 4.93. The largest absolute Gasteiger partial charge is 0.310 e. The molecule has 0 saturated carbocycles. The molecule has 0 aromatic carbocycles. The van der Waals surface area contributed by atoms with Gasteiger partial charge in [-0.15, -0.1) is 0 Å². The van der Waals surface area contributed by atoms with Crippen molar-refractivity contribution in [2.75, 3.05) is 18.1 Å². The van der Waals surface area contributed by atoms with Crippen molar-refractivity contribution in [2.24, 2.45) is 0 Å². The third-order valence-electron chi connectivity index (χ3n) is 2.90. The zero-order valence-corrected chi connectivity index (χ0v) is 7.88. The van der Waals surface area contributed by atoms with Gasteiger partial charge in [0.25, 0.3) is 0 Å². The zero-order valence-electron chi connectivity index (χ0n) is 7.07. The molecule has 1 N–H and O–H groups in total. The van der Waals surface area contributed by atoms with E-state index in [0.717, 1.165) is 0 Å². The van der Waals surface area contributed by atoms with Gasteiger partial charge in [-0.05, 0) is 38.0 Å². The normalized spacial score (nSPS) is 39.3. The van der Waals surface area contributed by atoms with E-state index in [1.807, 2.05) is 0 Å². The molecule has 11 heavy (non-hydrogen) atoms. The van der Waals surface area contributed by atoms with Crippen molar-refractivity contribution in [3.8, 4) is 0 Å². The minimum absolute atomic E-state index is 0.571. The first-order valence-electron chi connectivity index (χ1n) is 4.74. The van der Waals surface area contributed by atoms with Crippen LogP contribution in [0.4, 0.5) is 0 Å². The van der Waals surface area contributed by atoms with Crippen molar-refractivity contribution in [1.29, 1.82) is 0 Å². The fourth-order valence-electron chi connectivity index (χ4n) is 2.22. The van der Waals surface area contributed by atoms with E-state index in [9.17, 15) is 0 Å². The molecule has 1 spiro atoms. The van der Waals surface area contributed by atoms with Crippen molar-refractivity contribution in [2.45, 2.75) is 37.6 Å². The van der Waals surface area contributed by atoms with Crippen molar-refractivity contribution in [1.82, 2.24) is 5.32 Å². The lowest BCUT2D eigenvalue weighted by atomic mass is 9.86. The Hall–Kier alpha value is 0.310. The van der Waals surface area contributed by atoms with Gasteiger partial charge in [-0.1, -0.05) is 6.42 Å². The van der Waals surface area contributed by atoms with Crippen molar-refractivity contribution in [3.63, 3.8) is 0 Å². The number of hydrogen-bond acceptors (Lipinski definition) is 2. The lowest BCUT2D eigenvalue weighted by Gasteiger charge is -2.41.